The molecule has 0 radical (unpaired) electrons. The van der Waals surface area contributed by atoms with Gasteiger partial charge >= 0.3 is 0 Å². The molecule has 3 rings (SSSR count). The van der Waals surface area contributed by atoms with Crippen LogP contribution in [0.5, 0.6) is 0 Å². The molecule has 0 saturated carbocycles. The van der Waals surface area contributed by atoms with Crippen molar-refractivity contribution < 1.29 is 4.79 Å². The number of carbonyl (C=O) groups is 1. The fourth-order valence-corrected chi connectivity index (χ4v) is 2.60. The summed E-state index contributed by atoms with van der Waals surface area (Å²) >= 11 is 2.25. The quantitative estimate of drug-likeness (QED) is 0.621. The zero-order valence-corrected chi connectivity index (χ0v) is 13.6. The van der Waals surface area contributed by atoms with Gasteiger partial charge in [-0.1, -0.05) is 48.0 Å². The lowest BCUT2D eigenvalue weighted by atomic mass is 10.1. The molecular formula is C17H13IN2O. The lowest BCUT2D eigenvalue weighted by Crippen LogP contribution is -2.24. The molecule has 3 nitrogen and oxygen atoms in total. The average molecular weight is 388 g/mol. The molecule has 1 aliphatic rings. The van der Waals surface area contributed by atoms with Crippen LogP contribution in [0.1, 0.15) is 16.7 Å². The Balaban J connectivity index is 1.96. The summed E-state index contributed by atoms with van der Waals surface area (Å²) in [7, 11) is 0. The minimum Gasteiger partial charge on any atom is -0.305 e. The molecule has 0 spiro atoms. The molecule has 1 heterocycles. The van der Waals surface area contributed by atoms with Crippen molar-refractivity contribution in [3.8, 4) is 0 Å². The molecule has 0 aromatic heterocycles. The van der Waals surface area contributed by atoms with Gasteiger partial charge in [-0.15, -0.1) is 0 Å². The van der Waals surface area contributed by atoms with E-state index in [2.05, 4.69) is 32.9 Å². The minimum absolute atomic E-state index is 0.162. The number of nitrogens with one attached hydrogen (secondary N) is 1. The molecule has 1 N–H and O–H groups in total. The number of carbonyl (C=O) groups excluding carboxylic acids is 1. The van der Waals surface area contributed by atoms with E-state index in [1.807, 2.05) is 61.5 Å². The summed E-state index contributed by atoms with van der Waals surface area (Å²) in [4.78, 5) is 16.5. The van der Waals surface area contributed by atoms with Gasteiger partial charge in [-0.05, 0) is 47.2 Å². The SMILES string of the molecule is Cc1ccc(C2=NC(=Cc3ccccc3I)C(=O)N2)cc1. The van der Waals surface area contributed by atoms with E-state index in [0.717, 1.165) is 14.7 Å². The molecule has 2 aromatic rings. The van der Waals surface area contributed by atoms with E-state index in [9.17, 15) is 4.79 Å². The smallest absolute Gasteiger partial charge is 0.275 e. The van der Waals surface area contributed by atoms with E-state index in [4.69, 9.17) is 0 Å². The average Bonchev–Trinajstić information content (AvgIpc) is 2.83. The summed E-state index contributed by atoms with van der Waals surface area (Å²) in [5.41, 5.74) is 3.53. The predicted octanol–water partition coefficient (Wildman–Crippen LogP) is 3.52. The second-order valence-corrected chi connectivity index (χ2v) is 5.99. The Morgan fingerprint density at radius 3 is 2.52 bits per heavy atom. The van der Waals surface area contributed by atoms with Crippen LogP contribution in [-0.4, -0.2) is 11.7 Å². The van der Waals surface area contributed by atoms with E-state index in [1.54, 1.807) is 0 Å². The molecule has 2 aromatic carbocycles. The summed E-state index contributed by atoms with van der Waals surface area (Å²) in [6, 6.07) is 15.8. The lowest BCUT2D eigenvalue weighted by Gasteiger charge is -2.00. The first-order valence-electron chi connectivity index (χ1n) is 6.57. The molecule has 21 heavy (non-hydrogen) atoms. The van der Waals surface area contributed by atoms with Crippen molar-refractivity contribution >= 4 is 40.4 Å². The van der Waals surface area contributed by atoms with Crippen LogP contribution >= 0.6 is 22.6 Å². The fraction of sp³-hybridized carbons (Fsp3) is 0.0588. The minimum atomic E-state index is -0.162. The number of amidine groups is 1. The number of hydrogen-bond acceptors (Lipinski definition) is 2. The van der Waals surface area contributed by atoms with Crippen LogP contribution in [0.2, 0.25) is 0 Å². The summed E-state index contributed by atoms with van der Waals surface area (Å²) in [5.74, 6) is 0.447. The van der Waals surface area contributed by atoms with Crippen LogP contribution in [0.3, 0.4) is 0 Å². The molecule has 104 valence electrons. The molecule has 0 aliphatic carbocycles. The fourth-order valence-electron chi connectivity index (χ4n) is 2.06. The van der Waals surface area contributed by atoms with Gasteiger partial charge in [-0.25, -0.2) is 4.99 Å². The Morgan fingerprint density at radius 1 is 1.10 bits per heavy atom. The first-order valence-corrected chi connectivity index (χ1v) is 7.65. The monoisotopic (exact) mass is 388 g/mol. The predicted molar refractivity (Wildman–Crippen MR) is 93.0 cm³/mol. The van der Waals surface area contributed by atoms with Gasteiger partial charge < -0.3 is 5.32 Å². The van der Waals surface area contributed by atoms with Crippen LogP contribution in [0, 0.1) is 10.5 Å². The molecule has 0 saturated heterocycles. The summed E-state index contributed by atoms with van der Waals surface area (Å²) in [6.45, 7) is 2.03. The van der Waals surface area contributed by atoms with Crippen molar-refractivity contribution in [1.29, 1.82) is 0 Å². The first kappa shape index (κ1) is 14.0. The molecule has 0 fully saturated rings. The number of aryl methyl sites for hydroxylation is 1. The standard InChI is InChI=1S/C17H13IN2O/c1-11-6-8-12(9-7-11)16-19-15(17(21)20-16)10-13-4-2-3-5-14(13)18/h2-10H,1H3,(H,19,20,21). The molecule has 0 atom stereocenters. The number of benzene rings is 2. The van der Waals surface area contributed by atoms with E-state index < -0.39 is 0 Å². The Bertz CT molecular complexity index is 761. The van der Waals surface area contributed by atoms with Crippen molar-refractivity contribution in [3.63, 3.8) is 0 Å². The largest absolute Gasteiger partial charge is 0.305 e. The number of halogens is 1. The van der Waals surface area contributed by atoms with Crippen LogP contribution in [0.25, 0.3) is 6.08 Å². The highest BCUT2D eigenvalue weighted by molar-refractivity contribution is 14.1. The second-order valence-electron chi connectivity index (χ2n) is 4.83. The van der Waals surface area contributed by atoms with Crippen LogP contribution in [0.4, 0.5) is 0 Å². The van der Waals surface area contributed by atoms with E-state index in [-0.39, 0.29) is 5.91 Å². The van der Waals surface area contributed by atoms with E-state index in [0.29, 0.717) is 11.5 Å². The van der Waals surface area contributed by atoms with Gasteiger partial charge in [0.15, 0.2) is 0 Å². The van der Waals surface area contributed by atoms with Crippen LogP contribution < -0.4 is 5.32 Å². The third kappa shape index (κ3) is 3.05. The summed E-state index contributed by atoms with van der Waals surface area (Å²) in [5, 5.41) is 2.82. The van der Waals surface area contributed by atoms with Crippen molar-refractivity contribution in [2.24, 2.45) is 4.99 Å². The molecule has 4 heteroatoms. The van der Waals surface area contributed by atoms with Crippen molar-refractivity contribution in [1.82, 2.24) is 5.32 Å². The topological polar surface area (TPSA) is 41.5 Å². The number of aliphatic imine (C=N–C) groups is 1. The number of hydrogen-bond donors (Lipinski definition) is 1. The summed E-state index contributed by atoms with van der Waals surface area (Å²) in [6.07, 6.45) is 1.82. The van der Waals surface area contributed by atoms with Crippen LogP contribution in [-0.2, 0) is 4.79 Å². The Hall–Kier alpha value is -1.95. The lowest BCUT2D eigenvalue weighted by molar-refractivity contribution is -0.115. The Morgan fingerprint density at radius 2 is 1.81 bits per heavy atom. The van der Waals surface area contributed by atoms with Crippen molar-refractivity contribution in [3.05, 3.63) is 74.5 Å². The number of amides is 1. The zero-order chi connectivity index (χ0) is 14.8. The molecule has 1 amide bonds. The van der Waals surface area contributed by atoms with Gasteiger partial charge in [0.2, 0.25) is 0 Å². The Kier molecular flexibility index (Phi) is 3.88. The highest BCUT2D eigenvalue weighted by Crippen LogP contribution is 2.19. The second kappa shape index (κ2) is 5.81. The third-order valence-corrected chi connectivity index (χ3v) is 4.20. The van der Waals surface area contributed by atoms with Crippen molar-refractivity contribution in [2.75, 3.05) is 0 Å². The Labute approximate surface area is 136 Å². The third-order valence-electron chi connectivity index (χ3n) is 3.22. The van der Waals surface area contributed by atoms with Gasteiger partial charge in [0.1, 0.15) is 11.5 Å². The van der Waals surface area contributed by atoms with Gasteiger partial charge in [0, 0.05) is 9.13 Å². The highest BCUT2D eigenvalue weighted by atomic mass is 127. The first-order chi connectivity index (χ1) is 10.1. The summed E-state index contributed by atoms with van der Waals surface area (Å²) < 4.78 is 1.09. The molecular weight excluding hydrogens is 375 g/mol. The highest BCUT2D eigenvalue weighted by Gasteiger charge is 2.21. The van der Waals surface area contributed by atoms with E-state index in [1.165, 1.54) is 5.56 Å². The number of nitrogens with zero attached hydrogens (tertiary/aromatic N) is 1. The van der Waals surface area contributed by atoms with E-state index >= 15 is 0 Å². The molecule has 1 aliphatic heterocycles. The molecule has 0 unspecified atom stereocenters. The zero-order valence-electron chi connectivity index (χ0n) is 11.4. The van der Waals surface area contributed by atoms with Gasteiger partial charge in [0.25, 0.3) is 5.91 Å². The maximum absolute atomic E-state index is 12.0. The maximum atomic E-state index is 12.0. The molecule has 0 bridgehead atoms. The van der Waals surface area contributed by atoms with Crippen LogP contribution in [0.15, 0.2) is 59.2 Å². The van der Waals surface area contributed by atoms with Gasteiger partial charge in [-0.3, -0.25) is 4.79 Å². The van der Waals surface area contributed by atoms with Gasteiger partial charge in [-0.2, -0.15) is 0 Å². The van der Waals surface area contributed by atoms with Gasteiger partial charge in [0.05, 0.1) is 0 Å². The number of rotatable bonds is 2. The maximum Gasteiger partial charge on any atom is 0.275 e. The normalized spacial score (nSPS) is 16.0. The van der Waals surface area contributed by atoms with Crippen molar-refractivity contribution in [2.45, 2.75) is 6.92 Å².